The van der Waals surface area contributed by atoms with Crippen molar-refractivity contribution in [3.05, 3.63) is 65.7 Å². The normalized spacial score (nSPS) is 11.4. The van der Waals surface area contributed by atoms with Gasteiger partial charge in [-0.1, -0.05) is 32.0 Å². The van der Waals surface area contributed by atoms with Gasteiger partial charge in [-0.05, 0) is 29.8 Å². The van der Waals surface area contributed by atoms with Gasteiger partial charge in [0, 0.05) is 24.0 Å². The Morgan fingerprint density at radius 2 is 1.86 bits per heavy atom. The number of furan rings is 1. The van der Waals surface area contributed by atoms with E-state index in [0.717, 1.165) is 30.0 Å². The largest absolute Gasteiger partial charge is 0.464 e. The number of benzene rings is 1. The third-order valence-electron chi connectivity index (χ3n) is 3.51. The Morgan fingerprint density at radius 1 is 1.05 bits per heavy atom. The Balaban J connectivity index is 1.79. The van der Waals surface area contributed by atoms with Gasteiger partial charge < -0.3 is 9.73 Å². The quantitative estimate of drug-likeness (QED) is 0.770. The number of para-hydroxylation sites is 1. The van der Waals surface area contributed by atoms with E-state index in [1.54, 1.807) is 0 Å². The number of rotatable bonds is 5. The second-order valence-electron chi connectivity index (χ2n) is 5.57. The highest BCUT2D eigenvalue weighted by atomic mass is 16.3. The van der Waals surface area contributed by atoms with Crippen LogP contribution in [0.3, 0.4) is 0 Å². The van der Waals surface area contributed by atoms with E-state index in [0.29, 0.717) is 6.04 Å². The summed E-state index contributed by atoms with van der Waals surface area (Å²) in [6, 6.07) is 14.9. The average Bonchev–Trinajstić information content (AvgIpc) is 2.93. The van der Waals surface area contributed by atoms with Crippen molar-refractivity contribution >= 4 is 10.9 Å². The van der Waals surface area contributed by atoms with E-state index in [4.69, 9.17) is 4.42 Å². The molecule has 0 atom stereocenters. The van der Waals surface area contributed by atoms with Gasteiger partial charge in [0.25, 0.3) is 0 Å². The first-order valence-corrected chi connectivity index (χ1v) is 7.36. The van der Waals surface area contributed by atoms with Crippen molar-refractivity contribution in [2.45, 2.75) is 32.9 Å². The molecule has 0 bridgehead atoms. The van der Waals surface area contributed by atoms with Crippen LogP contribution < -0.4 is 5.32 Å². The Labute approximate surface area is 125 Å². The van der Waals surface area contributed by atoms with Crippen LogP contribution >= 0.6 is 0 Å². The standard InChI is InChI=1S/C18H20N2O/c1-13(2)20-12-16-8-7-15(21-16)11-14-9-10-19-18-6-4-3-5-17(14)18/h3-10,13,20H,11-12H2,1-2H3. The first-order chi connectivity index (χ1) is 10.2. The van der Waals surface area contributed by atoms with E-state index in [2.05, 4.69) is 42.3 Å². The lowest BCUT2D eigenvalue weighted by Crippen LogP contribution is -2.21. The molecular formula is C18H20N2O. The summed E-state index contributed by atoms with van der Waals surface area (Å²) in [5, 5.41) is 4.56. The number of pyridine rings is 1. The molecule has 3 nitrogen and oxygen atoms in total. The SMILES string of the molecule is CC(C)NCc1ccc(Cc2ccnc3ccccc23)o1. The summed E-state index contributed by atoms with van der Waals surface area (Å²) in [7, 11) is 0. The molecular weight excluding hydrogens is 260 g/mol. The summed E-state index contributed by atoms with van der Waals surface area (Å²) in [6.45, 7) is 5.04. The molecule has 0 radical (unpaired) electrons. The van der Waals surface area contributed by atoms with Crippen molar-refractivity contribution in [3.63, 3.8) is 0 Å². The van der Waals surface area contributed by atoms with Crippen molar-refractivity contribution in [1.29, 1.82) is 0 Å². The van der Waals surface area contributed by atoms with E-state index < -0.39 is 0 Å². The van der Waals surface area contributed by atoms with Gasteiger partial charge in [0.2, 0.25) is 0 Å². The van der Waals surface area contributed by atoms with Crippen molar-refractivity contribution in [1.82, 2.24) is 10.3 Å². The minimum atomic E-state index is 0.461. The van der Waals surface area contributed by atoms with Gasteiger partial charge in [0.15, 0.2) is 0 Å². The lowest BCUT2D eigenvalue weighted by atomic mass is 10.1. The highest BCUT2D eigenvalue weighted by Gasteiger charge is 2.07. The molecule has 1 N–H and O–H groups in total. The van der Waals surface area contributed by atoms with Gasteiger partial charge in [0.05, 0.1) is 12.1 Å². The fourth-order valence-electron chi connectivity index (χ4n) is 2.41. The molecule has 0 aliphatic heterocycles. The van der Waals surface area contributed by atoms with Crippen LogP contribution in [0.25, 0.3) is 10.9 Å². The van der Waals surface area contributed by atoms with Gasteiger partial charge in [-0.3, -0.25) is 4.98 Å². The van der Waals surface area contributed by atoms with Gasteiger partial charge in [-0.2, -0.15) is 0 Å². The zero-order valence-electron chi connectivity index (χ0n) is 12.5. The van der Waals surface area contributed by atoms with Crippen LogP contribution in [0.2, 0.25) is 0 Å². The van der Waals surface area contributed by atoms with E-state index >= 15 is 0 Å². The second kappa shape index (κ2) is 6.10. The lowest BCUT2D eigenvalue weighted by molar-refractivity contribution is 0.441. The van der Waals surface area contributed by atoms with Crippen molar-refractivity contribution in [2.24, 2.45) is 0 Å². The van der Waals surface area contributed by atoms with Crippen LogP contribution in [-0.2, 0) is 13.0 Å². The van der Waals surface area contributed by atoms with Crippen molar-refractivity contribution < 1.29 is 4.42 Å². The number of fused-ring (bicyclic) bond motifs is 1. The zero-order chi connectivity index (χ0) is 14.7. The Kier molecular flexibility index (Phi) is 4.02. The summed E-state index contributed by atoms with van der Waals surface area (Å²) in [5.41, 5.74) is 2.28. The number of aromatic nitrogens is 1. The van der Waals surface area contributed by atoms with Gasteiger partial charge in [-0.15, -0.1) is 0 Å². The minimum Gasteiger partial charge on any atom is -0.464 e. The molecule has 0 saturated heterocycles. The van der Waals surface area contributed by atoms with E-state index in [-0.39, 0.29) is 0 Å². The number of nitrogens with zero attached hydrogens (tertiary/aromatic N) is 1. The van der Waals surface area contributed by atoms with Crippen molar-refractivity contribution in [3.8, 4) is 0 Å². The molecule has 2 heterocycles. The summed E-state index contributed by atoms with van der Waals surface area (Å²) in [6.07, 6.45) is 2.66. The number of hydrogen-bond donors (Lipinski definition) is 1. The molecule has 0 amide bonds. The van der Waals surface area contributed by atoms with Crippen LogP contribution in [-0.4, -0.2) is 11.0 Å². The van der Waals surface area contributed by atoms with Crippen LogP contribution in [0, 0.1) is 0 Å². The van der Waals surface area contributed by atoms with E-state index in [1.165, 1.54) is 10.9 Å². The highest BCUT2D eigenvalue weighted by Crippen LogP contribution is 2.20. The summed E-state index contributed by atoms with van der Waals surface area (Å²) >= 11 is 0. The number of nitrogens with one attached hydrogen (secondary N) is 1. The molecule has 3 aromatic rings. The van der Waals surface area contributed by atoms with E-state index in [9.17, 15) is 0 Å². The first kappa shape index (κ1) is 13.8. The minimum absolute atomic E-state index is 0.461. The predicted octanol–water partition coefficient (Wildman–Crippen LogP) is 3.92. The molecule has 0 fully saturated rings. The van der Waals surface area contributed by atoms with Crippen LogP contribution in [0.4, 0.5) is 0 Å². The molecule has 3 heteroatoms. The lowest BCUT2D eigenvalue weighted by Gasteiger charge is -2.06. The summed E-state index contributed by atoms with van der Waals surface area (Å²) < 4.78 is 5.90. The molecule has 2 aromatic heterocycles. The smallest absolute Gasteiger partial charge is 0.117 e. The summed E-state index contributed by atoms with van der Waals surface area (Å²) in [5.74, 6) is 1.98. The molecule has 0 spiro atoms. The Bertz CT molecular complexity index is 725. The van der Waals surface area contributed by atoms with Crippen LogP contribution in [0.5, 0.6) is 0 Å². The maximum Gasteiger partial charge on any atom is 0.117 e. The zero-order valence-corrected chi connectivity index (χ0v) is 12.5. The molecule has 3 rings (SSSR count). The molecule has 0 unspecified atom stereocenters. The monoisotopic (exact) mass is 280 g/mol. The van der Waals surface area contributed by atoms with Gasteiger partial charge in [0.1, 0.15) is 11.5 Å². The van der Waals surface area contributed by atoms with Gasteiger partial charge in [-0.25, -0.2) is 0 Å². The maximum atomic E-state index is 5.90. The third kappa shape index (κ3) is 3.31. The summed E-state index contributed by atoms with van der Waals surface area (Å²) in [4.78, 5) is 4.40. The fraction of sp³-hybridized carbons (Fsp3) is 0.278. The van der Waals surface area contributed by atoms with Crippen LogP contribution in [0.15, 0.2) is 53.1 Å². The molecule has 0 aliphatic carbocycles. The average molecular weight is 280 g/mol. The molecule has 1 aromatic carbocycles. The van der Waals surface area contributed by atoms with Crippen molar-refractivity contribution in [2.75, 3.05) is 0 Å². The van der Waals surface area contributed by atoms with Crippen LogP contribution in [0.1, 0.15) is 30.9 Å². The topological polar surface area (TPSA) is 38.1 Å². The highest BCUT2D eigenvalue weighted by molar-refractivity contribution is 5.82. The number of hydrogen-bond acceptors (Lipinski definition) is 3. The predicted molar refractivity (Wildman–Crippen MR) is 85.2 cm³/mol. The first-order valence-electron chi connectivity index (χ1n) is 7.36. The third-order valence-corrected chi connectivity index (χ3v) is 3.51. The fourth-order valence-corrected chi connectivity index (χ4v) is 2.41. The second-order valence-corrected chi connectivity index (χ2v) is 5.57. The van der Waals surface area contributed by atoms with Gasteiger partial charge >= 0.3 is 0 Å². The Morgan fingerprint density at radius 3 is 2.71 bits per heavy atom. The Hall–Kier alpha value is -2.13. The molecule has 0 aliphatic rings. The molecule has 0 saturated carbocycles. The molecule has 21 heavy (non-hydrogen) atoms. The molecule has 108 valence electrons. The van der Waals surface area contributed by atoms with E-state index in [1.807, 2.05) is 30.5 Å². The maximum absolute atomic E-state index is 5.90.